The van der Waals surface area contributed by atoms with Crippen LogP contribution in [0.4, 0.5) is 5.95 Å². The number of fused-ring (bicyclic) bond motifs is 3. The summed E-state index contributed by atoms with van der Waals surface area (Å²) in [6.07, 6.45) is 5.93. The fourth-order valence-electron chi connectivity index (χ4n) is 4.97. The monoisotopic (exact) mass is 582 g/mol. The first kappa shape index (κ1) is 28.2. The lowest BCUT2D eigenvalue weighted by Gasteiger charge is -2.32. The van der Waals surface area contributed by atoms with E-state index in [4.69, 9.17) is 47.9 Å². The first-order valence-electron chi connectivity index (χ1n) is 13.2. The van der Waals surface area contributed by atoms with Gasteiger partial charge in [0.1, 0.15) is 17.1 Å². The minimum absolute atomic E-state index is 0.354. The normalized spacial score (nSPS) is 14.5. The standard InChI is InChI=1S/C28H32Cl2N8O2/c1-36-10-12-37(13-11-36)9-4-6-19-17-38-26-18(16-33-28(35-26)32-8-5-7-31)14-20(27(38)34-19)23-24(29)21(39-2)15-22(40-3)25(23)30/h14-17H,4-6,8-13H2,1-3H3,(H,32,33,35). The molecule has 0 spiro atoms. The Balaban J connectivity index is 1.59. The molecule has 0 saturated carbocycles. The van der Waals surface area contributed by atoms with Crippen LogP contribution in [-0.2, 0) is 6.42 Å². The minimum Gasteiger partial charge on any atom is -0.495 e. The summed E-state index contributed by atoms with van der Waals surface area (Å²) in [4.78, 5) is 19.1. The van der Waals surface area contributed by atoms with Crippen molar-refractivity contribution in [3.05, 3.63) is 40.3 Å². The molecule has 12 heteroatoms. The lowest BCUT2D eigenvalue weighted by atomic mass is 10.0. The second-order valence-corrected chi connectivity index (χ2v) is 10.6. The number of imidazole rings is 1. The summed E-state index contributed by atoms with van der Waals surface area (Å²) in [5, 5.41) is 13.5. The number of nitrogens with zero attached hydrogens (tertiary/aromatic N) is 7. The zero-order valence-electron chi connectivity index (χ0n) is 22.9. The average Bonchev–Trinajstić information content (AvgIpc) is 3.39. The van der Waals surface area contributed by atoms with Gasteiger partial charge in [-0.15, -0.1) is 0 Å². The number of aryl methyl sites for hydroxylation is 1. The van der Waals surface area contributed by atoms with Gasteiger partial charge in [0.25, 0.3) is 0 Å². The van der Waals surface area contributed by atoms with E-state index in [1.165, 1.54) is 0 Å². The largest absolute Gasteiger partial charge is 0.495 e. The Morgan fingerprint density at radius 3 is 2.42 bits per heavy atom. The zero-order valence-corrected chi connectivity index (χ0v) is 24.4. The van der Waals surface area contributed by atoms with E-state index >= 15 is 0 Å². The van der Waals surface area contributed by atoms with Crippen LogP contribution < -0.4 is 14.8 Å². The molecule has 1 saturated heterocycles. The SMILES string of the molecule is COc1cc(OC)c(Cl)c(-c2cc3cnc(NCCC#N)nc3n3cc(CCCN4CCN(C)CC4)nc23)c1Cl. The summed E-state index contributed by atoms with van der Waals surface area (Å²) >= 11 is 13.7. The highest BCUT2D eigenvalue weighted by molar-refractivity contribution is 6.41. The molecule has 0 radical (unpaired) electrons. The van der Waals surface area contributed by atoms with E-state index in [1.807, 2.05) is 16.7 Å². The Morgan fingerprint density at radius 1 is 1.02 bits per heavy atom. The van der Waals surface area contributed by atoms with Crippen LogP contribution in [0.15, 0.2) is 24.5 Å². The van der Waals surface area contributed by atoms with Gasteiger partial charge in [0.15, 0.2) is 5.65 Å². The number of hydrogen-bond donors (Lipinski definition) is 1. The van der Waals surface area contributed by atoms with Crippen molar-refractivity contribution >= 4 is 45.8 Å². The van der Waals surface area contributed by atoms with E-state index < -0.39 is 0 Å². The number of methoxy groups -OCH3 is 2. The van der Waals surface area contributed by atoms with Crippen molar-refractivity contribution in [2.24, 2.45) is 0 Å². The number of anilines is 1. The summed E-state index contributed by atoms with van der Waals surface area (Å²) in [6.45, 7) is 5.85. The number of piperazine rings is 1. The van der Waals surface area contributed by atoms with Gasteiger partial charge in [0.2, 0.25) is 5.95 Å². The number of ether oxygens (including phenoxy) is 2. The molecule has 40 heavy (non-hydrogen) atoms. The van der Waals surface area contributed by atoms with Gasteiger partial charge in [-0.25, -0.2) is 9.97 Å². The molecule has 4 heterocycles. The van der Waals surface area contributed by atoms with Crippen LogP contribution in [0.25, 0.3) is 27.8 Å². The fourth-order valence-corrected chi connectivity index (χ4v) is 5.68. The molecule has 10 nitrogen and oxygen atoms in total. The van der Waals surface area contributed by atoms with Gasteiger partial charge >= 0.3 is 0 Å². The van der Waals surface area contributed by atoms with Crippen LogP contribution in [0.3, 0.4) is 0 Å². The predicted molar refractivity (Wildman–Crippen MR) is 158 cm³/mol. The molecule has 5 rings (SSSR count). The van der Waals surface area contributed by atoms with Crippen molar-refractivity contribution in [3.63, 3.8) is 0 Å². The molecule has 1 aliphatic rings. The number of halogens is 2. The van der Waals surface area contributed by atoms with Crippen LogP contribution in [0.2, 0.25) is 10.0 Å². The maximum Gasteiger partial charge on any atom is 0.224 e. The van der Waals surface area contributed by atoms with Crippen molar-refractivity contribution in [1.29, 1.82) is 5.26 Å². The molecule has 4 aromatic rings. The van der Waals surface area contributed by atoms with Gasteiger partial charge in [-0.2, -0.15) is 10.2 Å². The van der Waals surface area contributed by atoms with Gasteiger partial charge in [-0.1, -0.05) is 23.2 Å². The first-order chi connectivity index (χ1) is 19.4. The van der Waals surface area contributed by atoms with Crippen LogP contribution in [0, 0.1) is 11.3 Å². The number of nitrogens with one attached hydrogen (secondary N) is 1. The maximum atomic E-state index is 8.90. The molecule has 0 amide bonds. The molecule has 3 aromatic heterocycles. The van der Waals surface area contributed by atoms with Crippen molar-refractivity contribution < 1.29 is 9.47 Å². The third-order valence-electron chi connectivity index (χ3n) is 7.19. The van der Waals surface area contributed by atoms with Crippen LogP contribution in [-0.4, -0.2) is 89.7 Å². The van der Waals surface area contributed by atoms with Gasteiger partial charge in [-0.05, 0) is 32.5 Å². The number of nitriles is 1. The van der Waals surface area contributed by atoms with E-state index in [0.717, 1.165) is 62.2 Å². The highest BCUT2D eigenvalue weighted by atomic mass is 35.5. The number of likely N-dealkylation sites (N-methyl/N-ethyl adjacent to an activating group) is 1. The lowest BCUT2D eigenvalue weighted by molar-refractivity contribution is 0.153. The highest BCUT2D eigenvalue weighted by Gasteiger charge is 2.23. The second kappa shape index (κ2) is 12.4. The first-order valence-corrected chi connectivity index (χ1v) is 14.0. The molecular formula is C28H32Cl2N8O2. The third-order valence-corrected chi connectivity index (χ3v) is 7.94. The Morgan fingerprint density at radius 2 is 1.75 bits per heavy atom. The van der Waals surface area contributed by atoms with Crippen molar-refractivity contribution in [3.8, 4) is 28.7 Å². The zero-order chi connectivity index (χ0) is 28.2. The summed E-state index contributed by atoms with van der Waals surface area (Å²) in [6, 6.07) is 5.74. The average molecular weight is 584 g/mol. The van der Waals surface area contributed by atoms with E-state index in [0.29, 0.717) is 57.3 Å². The summed E-state index contributed by atoms with van der Waals surface area (Å²) in [5.74, 6) is 1.34. The molecule has 0 bridgehead atoms. The summed E-state index contributed by atoms with van der Waals surface area (Å²) in [5.41, 5.74) is 3.59. The molecule has 1 N–H and O–H groups in total. The molecule has 1 fully saturated rings. The minimum atomic E-state index is 0.354. The quantitative estimate of drug-likeness (QED) is 0.264. The number of hydrogen-bond acceptors (Lipinski definition) is 9. The molecular weight excluding hydrogens is 551 g/mol. The second-order valence-electron chi connectivity index (χ2n) is 9.82. The summed E-state index contributed by atoms with van der Waals surface area (Å²) in [7, 11) is 5.27. The number of aromatic nitrogens is 4. The Hall–Kier alpha value is -3.36. The third kappa shape index (κ3) is 5.74. The van der Waals surface area contributed by atoms with Crippen LogP contribution in [0.1, 0.15) is 18.5 Å². The molecule has 1 aromatic carbocycles. The molecule has 0 atom stereocenters. The highest BCUT2D eigenvalue weighted by Crippen LogP contribution is 2.47. The molecule has 1 aliphatic heterocycles. The Labute approximate surface area is 243 Å². The molecule has 210 valence electrons. The predicted octanol–water partition coefficient (Wildman–Crippen LogP) is 4.77. The van der Waals surface area contributed by atoms with Crippen LogP contribution in [0.5, 0.6) is 11.5 Å². The van der Waals surface area contributed by atoms with E-state index in [2.05, 4.69) is 33.2 Å². The van der Waals surface area contributed by atoms with Crippen LogP contribution >= 0.6 is 23.2 Å². The molecule has 0 unspecified atom stereocenters. The van der Waals surface area contributed by atoms with Gasteiger partial charge in [0.05, 0.1) is 42.4 Å². The van der Waals surface area contributed by atoms with Gasteiger partial charge < -0.3 is 24.6 Å². The Bertz CT molecular complexity index is 1530. The van der Waals surface area contributed by atoms with E-state index in [1.54, 1.807) is 26.5 Å². The fraction of sp³-hybridized carbons (Fsp3) is 0.429. The van der Waals surface area contributed by atoms with E-state index in [-0.39, 0.29) is 0 Å². The van der Waals surface area contributed by atoms with Crippen molar-refractivity contribution in [2.45, 2.75) is 19.3 Å². The summed E-state index contributed by atoms with van der Waals surface area (Å²) < 4.78 is 13.0. The van der Waals surface area contributed by atoms with Gasteiger partial charge in [-0.3, -0.25) is 4.40 Å². The number of rotatable bonds is 10. The lowest BCUT2D eigenvalue weighted by Crippen LogP contribution is -2.44. The van der Waals surface area contributed by atoms with Crippen molar-refractivity contribution in [2.75, 3.05) is 65.9 Å². The molecule has 0 aliphatic carbocycles. The number of pyridine rings is 1. The van der Waals surface area contributed by atoms with Crippen molar-refractivity contribution in [1.82, 2.24) is 29.2 Å². The number of benzene rings is 1. The van der Waals surface area contributed by atoms with Gasteiger partial charge in [0, 0.05) is 67.7 Å². The topological polar surface area (TPSA) is 104 Å². The smallest absolute Gasteiger partial charge is 0.224 e. The Kier molecular flexibility index (Phi) is 8.76. The maximum absolute atomic E-state index is 8.90. The van der Waals surface area contributed by atoms with E-state index in [9.17, 15) is 0 Å².